The summed E-state index contributed by atoms with van der Waals surface area (Å²) in [5, 5.41) is 0. The molecule has 0 unspecified atom stereocenters. The molecule has 0 saturated heterocycles. The normalized spacial score (nSPS) is 9.85. The van der Waals surface area contributed by atoms with Gasteiger partial charge in [0.1, 0.15) is 0 Å². The van der Waals surface area contributed by atoms with E-state index in [4.69, 9.17) is 17.5 Å². The Morgan fingerprint density at radius 2 is 0.615 bits per heavy atom. The Hall–Kier alpha value is 2.87. The summed E-state index contributed by atoms with van der Waals surface area (Å²) < 4.78 is 31.6. The van der Waals surface area contributed by atoms with Gasteiger partial charge in [-0.2, -0.15) is 8.42 Å². The van der Waals surface area contributed by atoms with Crippen molar-refractivity contribution in [3.63, 3.8) is 0 Å². The molecule has 0 amide bonds. The Bertz CT molecular complexity index is 305. The van der Waals surface area contributed by atoms with Gasteiger partial charge in [0, 0.05) is 0 Å². The van der Waals surface area contributed by atoms with Crippen molar-refractivity contribution in [3.8, 4) is 0 Å². The molecule has 0 heterocycles. The Kier molecular flexibility index (Phi) is 49.2. The third kappa shape index (κ3) is 56.3. The molecule has 26 heavy (non-hydrogen) atoms. The van der Waals surface area contributed by atoms with Crippen molar-refractivity contribution < 1.29 is 110 Å². The smallest absolute Gasteiger partial charge is 1.00 e. The first-order valence-corrected chi connectivity index (χ1v) is 11.0. The summed E-state index contributed by atoms with van der Waals surface area (Å²) in [7, 11) is -4.67. The minimum absolute atomic E-state index is 0. The van der Waals surface area contributed by atoms with Crippen LogP contribution in [0.4, 0.5) is 0 Å². The van der Waals surface area contributed by atoms with Crippen molar-refractivity contribution in [3.05, 3.63) is 0 Å². The summed E-state index contributed by atoms with van der Waals surface area (Å²) in [5.74, 6) is 0. The SMILES string of the molecule is CCCCCCCCCCCCCCCCCC.O=S(=O)(O)O.[H-].[H-].[H-].[Na+].[Na+].[Na+]. The van der Waals surface area contributed by atoms with E-state index in [1.807, 2.05) is 0 Å². The van der Waals surface area contributed by atoms with Crippen LogP contribution in [0.1, 0.15) is 121 Å². The van der Waals surface area contributed by atoms with E-state index in [1.165, 1.54) is 103 Å². The largest absolute Gasteiger partial charge is 1.00 e. The predicted octanol–water partition coefficient (Wildman–Crippen LogP) is -2.04. The van der Waals surface area contributed by atoms with Gasteiger partial charge in [-0.1, -0.05) is 117 Å². The molecule has 0 aromatic heterocycles. The minimum Gasteiger partial charge on any atom is -1.00 e. The Morgan fingerprint density at radius 1 is 0.500 bits per heavy atom. The average Bonchev–Trinajstić information content (AvgIpc) is 2.46. The molecule has 8 heteroatoms. The first-order valence-electron chi connectivity index (χ1n) is 9.61. The summed E-state index contributed by atoms with van der Waals surface area (Å²) in [4.78, 5) is 0. The molecule has 148 valence electrons. The summed E-state index contributed by atoms with van der Waals surface area (Å²) in [6.07, 6.45) is 23.4. The summed E-state index contributed by atoms with van der Waals surface area (Å²) >= 11 is 0. The van der Waals surface area contributed by atoms with Gasteiger partial charge in [0.25, 0.3) is 0 Å². The fourth-order valence-electron chi connectivity index (χ4n) is 2.62. The molecular weight excluding hydrogens is 381 g/mol. The van der Waals surface area contributed by atoms with E-state index in [2.05, 4.69) is 13.8 Å². The molecule has 0 aromatic rings. The zero-order valence-corrected chi connectivity index (χ0v) is 25.2. The van der Waals surface area contributed by atoms with Crippen LogP contribution in [0.15, 0.2) is 0 Å². The predicted molar refractivity (Wildman–Crippen MR) is 103 cm³/mol. The van der Waals surface area contributed by atoms with Gasteiger partial charge in [0.2, 0.25) is 0 Å². The maximum atomic E-state index is 8.74. The van der Waals surface area contributed by atoms with Crippen molar-refractivity contribution in [2.45, 2.75) is 117 Å². The van der Waals surface area contributed by atoms with Crippen molar-refractivity contribution >= 4 is 10.4 Å². The van der Waals surface area contributed by atoms with E-state index in [0.29, 0.717) is 0 Å². The standard InChI is InChI=1S/C18H38.3Na.H2O4S.3H/c1-3-5-7-9-11-13-15-17-18-16-14-12-10-8-6-4-2;;;;1-5(2,3)4;;;/h3-18H2,1-2H3;;;;(H2,1,2,3,4);;;/q;3*+1;;3*-1. The van der Waals surface area contributed by atoms with Crippen molar-refractivity contribution in [1.29, 1.82) is 0 Å². The summed E-state index contributed by atoms with van der Waals surface area (Å²) in [5.41, 5.74) is 0. The van der Waals surface area contributed by atoms with E-state index in [-0.39, 0.29) is 93.0 Å². The minimum atomic E-state index is -4.67. The van der Waals surface area contributed by atoms with Crippen LogP contribution in [0.3, 0.4) is 0 Å². The number of rotatable bonds is 15. The third-order valence-corrected chi connectivity index (χ3v) is 3.96. The van der Waals surface area contributed by atoms with E-state index in [0.717, 1.165) is 0 Å². The summed E-state index contributed by atoms with van der Waals surface area (Å²) in [6.45, 7) is 4.59. The fourth-order valence-corrected chi connectivity index (χ4v) is 2.62. The zero-order valence-electron chi connectivity index (χ0n) is 21.4. The Morgan fingerprint density at radius 3 is 0.731 bits per heavy atom. The van der Waals surface area contributed by atoms with E-state index in [9.17, 15) is 0 Å². The molecule has 0 bridgehead atoms. The zero-order chi connectivity index (χ0) is 17.8. The first kappa shape index (κ1) is 39.4. The van der Waals surface area contributed by atoms with Crippen LogP contribution in [-0.2, 0) is 10.4 Å². The molecule has 4 nitrogen and oxygen atoms in total. The van der Waals surface area contributed by atoms with E-state index >= 15 is 0 Å². The average molecular weight is 425 g/mol. The van der Waals surface area contributed by atoms with Crippen molar-refractivity contribution in [2.24, 2.45) is 0 Å². The molecule has 0 radical (unpaired) electrons. The number of unbranched alkanes of at least 4 members (excludes halogenated alkanes) is 15. The van der Waals surface area contributed by atoms with Crippen LogP contribution >= 0.6 is 0 Å². The molecule has 0 aliphatic carbocycles. The topological polar surface area (TPSA) is 74.6 Å². The molecule has 0 fully saturated rings. The van der Waals surface area contributed by atoms with Gasteiger partial charge in [-0.25, -0.2) is 0 Å². The van der Waals surface area contributed by atoms with Gasteiger partial charge >= 0.3 is 99.1 Å². The van der Waals surface area contributed by atoms with E-state index in [1.54, 1.807) is 0 Å². The van der Waals surface area contributed by atoms with Crippen LogP contribution in [0.5, 0.6) is 0 Å². The molecule has 0 aliphatic heterocycles. The molecule has 0 saturated carbocycles. The van der Waals surface area contributed by atoms with Crippen LogP contribution in [0.2, 0.25) is 0 Å². The second-order valence-electron chi connectivity index (χ2n) is 6.40. The molecule has 2 N–H and O–H groups in total. The monoisotopic (exact) mass is 424 g/mol. The van der Waals surface area contributed by atoms with Gasteiger partial charge in [0.15, 0.2) is 0 Å². The molecule has 0 rings (SSSR count). The molecule has 0 spiro atoms. The van der Waals surface area contributed by atoms with Crippen LogP contribution in [0.25, 0.3) is 0 Å². The van der Waals surface area contributed by atoms with Gasteiger partial charge in [-0.05, 0) is 0 Å². The number of hydrogen-bond acceptors (Lipinski definition) is 2. The van der Waals surface area contributed by atoms with Crippen LogP contribution in [0, 0.1) is 0 Å². The van der Waals surface area contributed by atoms with Crippen molar-refractivity contribution in [1.82, 2.24) is 0 Å². The maximum absolute atomic E-state index is 8.74. The Labute approximate surface area is 234 Å². The molecule has 0 atom stereocenters. The van der Waals surface area contributed by atoms with Crippen molar-refractivity contribution in [2.75, 3.05) is 0 Å². The number of hydrogen-bond donors (Lipinski definition) is 2. The van der Waals surface area contributed by atoms with Gasteiger partial charge in [0.05, 0.1) is 0 Å². The summed E-state index contributed by atoms with van der Waals surface area (Å²) in [6, 6.07) is 0. The Balaban J connectivity index is -0.0000000599. The van der Waals surface area contributed by atoms with Crippen LogP contribution in [-0.4, -0.2) is 17.5 Å². The third-order valence-electron chi connectivity index (χ3n) is 3.96. The molecular formula is C18H43Na3O4S. The van der Waals surface area contributed by atoms with Gasteiger partial charge < -0.3 is 4.28 Å². The van der Waals surface area contributed by atoms with Crippen LogP contribution < -0.4 is 88.7 Å². The van der Waals surface area contributed by atoms with Gasteiger partial charge in [-0.15, -0.1) is 0 Å². The fraction of sp³-hybridized carbons (Fsp3) is 1.00. The second kappa shape index (κ2) is 32.5. The quantitative estimate of drug-likeness (QED) is 0.181. The van der Waals surface area contributed by atoms with Gasteiger partial charge in [-0.3, -0.25) is 9.11 Å². The second-order valence-corrected chi connectivity index (χ2v) is 7.29. The first-order chi connectivity index (χ1) is 10.9. The maximum Gasteiger partial charge on any atom is 1.00 e. The van der Waals surface area contributed by atoms with E-state index < -0.39 is 10.4 Å². The molecule has 0 aliphatic rings. The molecule has 0 aromatic carbocycles.